The van der Waals surface area contributed by atoms with Crippen molar-refractivity contribution in [3.05, 3.63) is 115 Å². The molecule has 0 saturated heterocycles. The van der Waals surface area contributed by atoms with Crippen LogP contribution in [0.15, 0.2) is 125 Å². The van der Waals surface area contributed by atoms with Crippen LogP contribution in [0.4, 0.5) is 0 Å². The summed E-state index contributed by atoms with van der Waals surface area (Å²) in [6.07, 6.45) is 3.01. The van der Waals surface area contributed by atoms with Gasteiger partial charge in [-0.25, -0.2) is 18.4 Å². The molecule has 0 amide bonds. The van der Waals surface area contributed by atoms with E-state index in [2.05, 4.69) is 32.7 Å². The summed E-state index contributed by atoms with van der Waals surface area (Å²) in [6.45, 7) is 0. The minimum atomic E-state index is -3.73. The lowest BCUT2D eigenvalue weighted by molar-refractivity contribution is 0.592. The normalized spacial score (nSPS) is 12.2. The molecule has 0 aliphatic rings. The molecule has 5 nitrogen and oxygen atoms in total. The van der Waals surface area contributed by atoms with Gasteiger partial charge in [-0.15, -0.1) is 0 Å². The fourth-order valence-electron chi connectivity index (χ4n) is 4.31. The highest BCUT2D eigenvalue weighted by Gasteiger charge is 2.20. The van der Waals surface area contributed by atoms with Crippen molar-refractivity contribution in [2.75, 3.05) is 0 Å². The number of fused-ring (bicyclic) bond motifs is 3. The van der Waals surface area contributed by atoms with Crippen LogP contribution in [0, 0.1) is 0 Å². The average Bonchev–Trinajstić information content (AvgIpc) is 3.23. The number of para-hydroxylation sites is 1. The highest BCUT2D eigenvalue weighted by molar-refractivity contribution is 7.91. The maximum absolute atomic E-state index is 13.1. The third kappa shape index (κ3) is 3.27. The molecule has 6 heteroatoms. The predicted octanol–water partition coefficient (Wildman–Crippen LogP) is 6.07. The third-order valence-electron chi connectivity index (χ3n) is 5.89. The Bertz CT molecular complexity index is 1810. The second-order valence-electron chi connectivity index (χ2n) is 7.90. The zero-order chi connectivity index (χ0) is 24.0. The zero-order valence-electron chi connectivity index (χ0n) is 19.0. The van der Waals surface area contributed by atoms with Gasteiger partial charge in [-0.05, 0) is 59.6 Å². The molecular weight excluding hydrogens is 442 g/mol. The molecule has 0 bridgehead atoms. The van der Waals surface area contributed by atoms with Crippen molar-refractivity contribution in [2.24, 2.45) is 0 Å². The van der Waals surface area contributed by atoms with E-state index < -0.39 is 9.84 Å². The van der Waals surface area contributed by atoms with Crippen molar-refractivity contribution in [3.8, 4) is 16.9 Å². The summed E-state index contributed by atoms with van der Waals surface area (Å²) in [5, 5.41) is 2.19. The molecule has 0 aliphatic carbocycles. The molecule has 0 spiro atoms. The molecule has 3 aromatic carbocycles. The van der Waals surface area contributed by atoms with E-state index in [4.69, 9.17) is 1.37 Å². The van der Waals surface area contributed by atoms with Crippen molar-refractivity contribution in [1.82, 2.24) is 14.5 Å². The van der Waals surface area contributed by atoms with Gasteiger partial charge < -0.3 is 0 Å². The predicted molar refractivity (Wildman–Crippen MR) is 134 cm³/mol. The number of sulfone groups is 1. The molecule has 0 fully saturated rings. The van der Waals surface area contributed by atoms with Gasteiger partial charge in [0.2, 0.25) is 9.84 Å². The first kappa shape index (κ1) is 19.2. The second kappa shape index (κ2) is 7.93. The maximum atomic E-state index is 13.1. The van der Waals surface area contributed by atoms with Gasteiger partial charge in [0.15, 0.2) is 5.03 Å². The lowest BCUT2D eigenvalue weighted by atomic mass is 10.0. The highest BCUT2D eigenvalue weighted by atomic mass is 32.2. The van der Waals surface area contributed by atoms with Crippen molar-refractivity contribution >= 4 is 31.6 Å². The number of pyridine rings is 2. The molecule has 0 radical (unpaired) electrons. The minimum absolute atomic E-state index is 0.0247. The maximum Gasteiger partial charge on any atom is 0.223 e. The Labute approximate surface area is 198 Å². The quantitative estimate of drug-likeness (QED) is 0.319. The van der Waals surface area contributed by atoms with Crippen molar-refractivity contribution in [3.63, 3.8) is 0 Å². The molecule has 0 saturated carbocycles. The van der Waals surface area contributed by atoms with Gasteiger partial charge in [0.1, 0.15) is 5.82 Å². The molecule has 34 heavy (non-hydrogen) atoms. The number of hydrogen-bond donors (Lipinski definition) is 0. The molecule has 3 heterocycles. The Morgan fingerprint density at radius 1 is 0.676 bits per heavy atom. The molecule has 164 valence electrons. The van der Waals surface area contributed by atoms with E-state index >= 15 is 0 Å². The summed E-state index contributed by atoms with van der Waals surface area (Å²) >= 11 is 0. The minimum Gasteiger partial charge on any atom is -0.294 e. The Hall–Kier alpha value is -4.29. The van der Waals surface area contributed by atoms with E-state index in [1.54, 1.807) is 36.4 Å². The Morgan fingerprint density at radius 3 is 2.32 bits per heavy atom. The van der Waals surface area contributed by atoms with Gasteiger partial charge in [-0.3, -0.25) is 4.57 Å². The summed E-state index contributed by atoms with van der Waals surface area (Å²) in [5.41, 5.74) is 3.63. The van der Waals surface area contributed by atoms with Crippen LogP contribution in [-0.2, 0) is 9.84 Å². The van der Waals surface area contributed by atoms with E-state index in [9.17, 15) is 8.42 Å². The molecule has 0 atom stereocenters. The van der Waals surface area contributed by atoms with Crippen LogP contribution in [0.1, 0.15) is 1.37 Å². The number of hydrogen-bond acceptors (Lipinski definition) is 4. The second-order valence-corrected chi connectivity index (χ2v) is 9.80. The van der Waals surface area contributed by atoms with E-state index in [1.165, 1.54) is 18.5 Å². The average molecular weight is 463 g/mol. The number of aromatic nitrogens is 3. The fraction of sp³-hybridized carbons (Fsp3) is 0. The van der Waals surface area contributed by atoms with Crippen LogP contribution < -0.4 is 0 Å². The largest absolute Gasteiger partial charge is 0.294 e. The summed E-state index contributed by atoms with van der Waals surface area (Å²) in [5.74, 6) is 0.718. The molecule has 0 unspecified atom stereocenters. The van der Waals surface area contributed by atoms with Crippen LogP contribution in [-0.4, -0.2) is 23.0 Å². The first-order chi connectivity index (χ1) is 17.0. The third-order valence-corrected chi connectivity index (χ3v) is 7.56. The number of nitrogens with zero attached hydrogens (tertiary/aromatic N) is 3. The van der Waals surface area contributed by atoms with Gasteiger partial charge >= 0.3 is 0 Å². The van der Waals surface area contributed by atoms with Gasteiger partial charge in [0, 0.05) is 23.2 Å². The van der Waals surface area contributed by atoms with Gasteiger partial charge in [0.25, 0.3) is 0 Å². The Kier molecular flexibility index (Phi) is 4.48. The number of rotatable bonds is 4. The van der Waals surface area contributed by atoms with Gasteiger partial charge in [0.05, 0.1) is 17.3 Å². The lowest BCUT2D eigenvalue weighted by Crippen LogP contribution is -2.04. The van der Waals surface area contributed by atoms with Crippen LogP contribution in [0.2, 0.25) is 0 Å². The SMILES string of the molecule is [2H]c1ccc(-n2c3ccccc3c3ccc(-c4cccc(S(=O)(=O)c5ccccn5)c4)cc32)nc1. The van der Waals surface area contributed by atoms with E-state index in [0.29, 0.717) is 6.04 Å². The standard InChI is InChI=1S/C28H19N3O2S/c32-34(33,28-13-4-6-17-30-28)22-9-7-8-20(18-22)21-14-15-24-23-10-1-2-11-25(23)31(26(24)19-21)27-12-3-5-16-29-27/h1-19H/i5D. The van der Waals surface area contributed by atoms with Gasteiger partial charge in [-0.2, -0.15) is 0 Å². The highest BCUT2D eigenvalue weighted by Crippen LogP contribution is 2.35. The Morgan fingerprint density at radius 2 is 1.50 bits per heavy atom. The molecular formula is C28H19N3O2S. The fourth-order valence-corrected chi connectivity index (χ4v) is 5.55. The topological polar surface area (TPSA) is 64.8 Å². The molecule has 0 aliphatic heterocycles. The van der Waals surface area contributed by atoms with E-state index in [-0.39, 0.29) is 9.92 Å². The van der Waals surface area contributed by atoms with Crippen LogP contribution in [0.25, 0.3) is 38.8 Å². The van der Waals surface area contributed by atoms with Crippen LogP contribution in [0.5, 0.6) is 0 Å². The number of benzene rings is 3. The summed E-state index contributed by atoms with van der Waals surface area (Å²) in [6, 6.07) is 29.9. The molecule has 6 rings (SSSR count). The zero-order valence-corrected chi connectivity index (χ0v) is 18.8. The monoisotopic (exact) mass is 462 g/mol. The summed E-state index contributed by atoms with van der Waals surface area (Å²) < 4.78 is 36.1. The Balaban J connectivity index is 1.55. The molecule has 0 N–H and O–H groups in total. The van der Waals surface area contributed by atoms with Crippen molar-refractivity contribution in [1.29, 1.82) is 0 Å². The van der Waals surface area contributed by atoms with Crippen molar-refractivity contribution < 1.29 is 9.79 Å². The van der Waals surface area contributed by atoms with Crippen LogP contribution in [0.3, 0.4) is 0 Å². The van der Waals surface area contributed by atoms with E-state index in [1.807, 2.05) is 36.4 Å². The first-order valence-corrected chi connectivity index (χ1v) is 12.2. The molecule has 3 aromatic heterocycles. The molecule has 6 aromatic rings. The van der Waals surface area contributed by atoms with Crippen LogP contribution >= 0.6 is 0 Å². The smallest absolute Gasteiger partial charge is 0.223 e. The van der Waals surface area contributed by atoms with Crippen molar-refractivity contribution in [2.45, 2.75) is 9.92 Å². The summed E-state index contributed by atoms with van der Waals surface area (Å²) in [4.78, 5) is 8.72. The first-order valence-electron chi connectivity index (χ1n) is 11.3. The lowest BCUT2D eigenvalue weighted by Gasteiger charge is -2.09. The van der Waals surface area contributed by atoms with Gasteiger partial charge in [-0.1, -0.05) is 54.6 Å². The summed E-state index contributed by atoms with van der Waals surface area (Å²) in [7, 11) is -3.73. The van der Waals surface area contributed by atoms with E-state index in [0.717, 1.165) is 38.8 Å².